The van der Waals surface area contributed by atoms with Crippen LogP contribution in [-0.2, 0) is 33.3 Å². The first-order chi connectivity index (χ1) is 13.3. The number of aromatic nitrogens is 4. The smallest absolute Gasteiger partial charge is 0.303 e. The van der Waals surface area contributed by atoms with Crippen LogP contribution in [0.15, 0.2) is 12.5 Å². The number of hydrogen-bond acceptors (Lipinski definition) is 10. The average molecular weight is 410 g/mol. The maximum Gasteiger partial charge on any atom is 0.303 e. The third-order valence-electron chi connectivity index (χ3n) is 3.99. The van der Waals surface area contributed by atoms with Gasteiger partial charge < -0.3 is 23.9 Å². The second kappa shape index (κ2) is 8.02. The zero-order chi connectivity index (χ0) is 20.4. The summed E-state index contributed by atoms with van der Waals surface area (Å²) in [5, 5.41) is 4.82. The van der Waals surface area contributed by atoms with E-state index in [1.54, 1.807) is 0 Å². The van der Waals surface area contributed by atoms with Crippen molar-refractivity contribution in [3.63, 3.8) is 0 Å². The fourth-order valence-corrected chi connectivity index (χ4v) is 3.17. The van der Waals surface area contributed by atoms with E-state index in [-0.39, 0.29) is 6.61 Å². The van der Waals surface area contributed by atoms with Gasteiger partial charge >= 0.3 is 17.9 Å². The number of ether oxygens (including phenoxy) is 4. The highest BCUT2D eigenvalue weighted by molar-refractivity contribution is 7.71. The molecule has 4 atom stereocenters. The molecule has 0 spiro atoms. The van der Waals surface area contributed by atoms with Gasteiger partial charge in [0.05, 0.1) is 17.9 Å². The first-order valence-corrected chi connectivity index (χ1v) is 8.73. The molecule has 150 valence electrons. The molecule has 0 bridgehead atoms. The van der Waals surface area contributed by atoms with E-state index in [1.165, 1.54) is 38.0 Å². The van der Waals surface area contributed by atoms with Gasteiger partial charge in [-0.3, -0.25) is 14.4 Å². The van der Waals surface area contributed by atoms with E-state index in [1.807, 2.05) is 0 Å². The van der Waals surface area contributed by atoms with Crippen molar-refractivity contribution in [3.05, 3.63) is 17.2 Å². The summed E-state index contributed by atoms with van der Waals surface area (Å²) in [6.45, 7) is 3.48. The fourth-order valence-electron chi connectivity index (χ4n) is 2.97. The van der Waals surface area contributed by atoms with Gasteiger partial charge in [-0.2, -0.15) is 5.10 Å². The Labute approximate surface area is 163 Å². The Balaban J connectivity index is 2.02. The summed E-state index contributed by atoms with van der Waals surface area (Å²) in [5.41, 5.74) is 0.483. The van der Waals surface area contributed by atoms with E-state index in [0.717, 1.165) is 0 Å². The Bertz CT molecular complexity index is 971. The molecule has 1 fully saturated rings. The van der Waals surface area contributed by atoms with Gasteiger partial charge in [-0.15, -0.1) is 0 Å². The minimum atomic E-state index is -1.03. The first kappa shape index (κ1) is 19.9. The van der Waals surface area contributed by atoms with Crippen molar-refractivity contribution >= 4 is 41.2 Å². The lowest BCUT2D eigenvalue weighted by molar-refractivity contribution is -0.166. The maximum absolute atomic E-state index is 11.7. The number of fused-ring (bicyclic) bond motifs is 1. The Morgan fingerprint density at radius 3 is 2.50 bits per heavy atom. The lowest BCUT2D eigenvalue weighted by Gasteiger charge is -2.23. The zero-order valence-electron chi connectivity index (χ0n) is 15.3. The molecule has 0 aromatic carbocycles. The third kappa shape index (κ3) is 4.02. The SMILES string of the molecule is CC(=O)OCC1OC(n2ncc3c(=S)nc[nH]c32)C(OC(C)=O)C1OC(C)=O. The molecular weight excluding hydrogens is 392 g/mol. The highest BCUT2D eigenvalue weighted by Gasteiger charge is 2.51. The van der Waals surface area contributed by atoms with Gasteiger partial charge in [0, 0.05) is 20.8 Å². The normalized spacial score (nSPS) is 24.1. The van der Waals surface area contributed by atoms with E-state index in [0.29, 0.717) is 15.7 Å². The van der Waals surface area contributed by atoms with E-state index < -0.39 is 42.4 Å². The molecule has 0 aliphatic carbocycles. The standard InChI is InChI=1S/C16H18N4O7S/c1-7(21)24-5-11-12(25-8(2)22)13(26-9(3)23)16(27-11)20-14-10(4-19-20)15(28)18-6-17-14/h4,6,11-13,16H,5H2,1-3H3,(H,17,18,28). The summed E-state index contributed by atoms with van der Waals surface area (Å²) in [7, 11) is 0. The van der Waals surface area contributed by atoms with Gasteiger partial charge in [0.2, 0.25) is 0 Å². The van der Waals surface area contributed by atoms with Crippen LogP contribution in [0.1, 0.15) is 27.0 Å². The number of carbonyl (C=O) groups is 3. The minimum Gasteiger partial charge on any atom is -0.463 e. The van der Waals surface area contributed by atoms with Crippen molar-refractivity contribution in [3.8, 4) is 0 Å². The molecule has 12 heteroatoms. The van der Waals surface area contributed by atoms with Crippen LogP contribution in [0, 0.1) is 4.64 Å². The predicted molar refractivity (Wildman–Crippen MR) is 94.4 cm³/mol. The van der Waals surface area contributed by atoms with Gasteiger partial charge in [-0.25, -0.2) is 9.67 Å². The molecule has 2 aromatic heterocycles. The molecule has 0 saturated carbocycles. The van der Waals surface area contributed by atoms with Crippen LogP contribution in [0.4, 0.5) is 0 Å². The van der Waals surface area contributed by atoms with Gasteiger partial charge in [-0.1, -0.05) is 12.2 Å². The van der Waals surface area contributed by atoms with Gasteiger partial charge in [0.15, 0.2) is 18.4 Å². The lowest BCUT2D eigenvalue weighted by Crippen LogP contribution is -2.40. The van der Waals surface area contributed by atoms with Crippen LogP contribution in [0.2, 0.25) is 0 Å². The quantitative estimate of drug-likeness (QED) is 0.428. The monoisotopic (exact) mass is 410 g/mol. The molecule has 1 aliphatic heterocycles. The summed E-state index contributed by atoms with van der Waals surface area (Å²) in [6.07, 6.45) is -0.964. The van der Waals surface area contributed by atoms with Crippen molar-refractivity contribution in [2.75, 3.05) is 6.61 Å². The zero-order valence-corrected chi connectivity index (χ0v) is 16.1. The van der Waals surface area contributed by atoms with Crippen molar-refractivity contribution < 1.29 is 33.3 Å². The fraction of sp³-hybridized carbons (Fsp3) is 0.500. The molecule has 4 unspecified atom stereocenters. The van der Waals surface area contributed by atoms with Crippen LogP contribution >= 0.6 is 12.2 Å². The molecule has 28 heavy (non-hydrogen) atoms. The number of H-pyrrole nitrogens is 1. The van der Waals surface area contributed by atoms with Crippen LogP contribution in [0.5, 0.6) is 0 Å². The van der Waals surface area contributed by atoms with Crippen molar-refractivity contribution in [2.24, 2.45) is 0 Å². The molecule has 1 N–H and O–H groups in total. The first-order valence-electron chi connectivity index (χ1n) is 8.32. The third-order valence-corrected chi connectivity index (χ3v) is 4.32. The molecular formula is C16H18N4O7S. The molecule has 1 aliphatic rings. The summed E-state index contributed by atoms with van der Waals surface area (Å²) in [6, 6.07) is 0. The summed E-state index contributed by atoms with van der Waals surface area (Å²) in [4.78, 5) is 41.4. The summed E-state index contributed by atoms with van der Waals surface area (Å²) < 4.78 is 23.4. The Morgan fingerprint density at radius 1 is 1.18 bits per heavy atom. The predicted octanol–water partition coefficient (Wildman–Crippen LogP) is 0.813. The van der Waals surface area contributed by atoms with E-state index in [9.17, 15) is 14.4 Å². The number of carbonyl (C=O) groups excluding carboxylic acids is 3. The topological polar surface area (TPSA) is 135 Å². The van der Waals surface area contributed by atoms with Crippen LogP contribution in [0.25, 0.3) is 11.0 Å². The second-order valence-corrected chi connectivity index (χ2v) is 6.46. The Morgan fingerprint density at radius 2 is 1.86 bits per heavy atom. The Kier molecular flexibility index (Phi) is 5.70. The summed E-state index contributed by atoms with van der Waals surface area (Å²) >= 11 is 5.18. The number of nitrogens with zero attached hydrogens (tertiary/aromatic N) is 3. The number of rotatable bonds is 5. The van der Waals surface area contributed by atoms with Crippen LogP contribution in [-0.4, -0.2) is 62.6 Å². The molecule has 0 amide bonds. The largest absolute Gasteiger partial charge is 0.463 e. The molecule has 3 rings (SSSR count). The second-order valence-electron chi connectivity index (χ2n) is 6.07. The molecule has 2 aromatic rings. The van der Waals surface area contributed by atoms with Crippen molar-refractivity contribution in [1.82, 2.24) is 19.7 Å². The van der Waals surface area contributed by atoms with E-state index >= 15 is 0 Å². The van der Waals surface area contributed by atoms with Gasteiger partial charge in [0.25, 0.3) is 0 Å². The highest BCUT2D eigenvalue weighted by atomic mass is 32.1. The minimum absolute atomic E-state index is 0.196. The number of hydrogen-bond donors (Lipinski definition) is 1. The lowest BCUT2D eigenvalue weighted by atomic mass is 10.1. The Hall–Kier alpha value is -2.86. The number of esters is 3. The number of aromatic amines is 1. The van der Waals surface area contributed by atoms with E-state index in [4.69, 9.17) is 31.2 Å². The number of nitrogens with one attached hydrogen (secondary N) is 1. The highest BCUT2D eigenvalue weighted by Crippen LogP contribution is 2.35. The maximum atomic E-state index is 11.7. The molecule has 1 saturated heterocycles. The van der Waals surface area contributed by atoms with Crippen molar-refractivity contribution in [2.45, 2.75) is 45.3 Å². The van der Waals surface area contributed by atoms with Gasteiger partial charge in [0.1, 0.15) is 23.0 Å². The molecule has 11 nitrogen and oxygen atoms in total. The van der Waals surface area contributed by atoms with Crippen molar-refractivity contribution in [1.29, 1.82) is 0 Å². The van der Waals surface area contributed by atoms with Crippen LogP contribution in [0.3, 0.4) is 0 Å². The molecule has 3 heterocycles. The molecule has 0 radical (unpaired) electrons. The van der Waals surface area contributed by atoms with Gasteiger partial charge in [-0.05, 0) is 0 Å². The average Bonchev–Trinajstić information content (AvgIpc) is 3.16. The summed E-state index contributed by atoms with van der Waals surface area (Å²) in [5.74, 6) is -1.74. The van der Waals surface area contributed by atoms with E-state index in [2.05, 4.69) is 15.1 Å². The van der Waals surface area contributed by atoms with Crippen LogP contribution < -0.4 is 0 Å².